The van der Waals surface area contributed by atoms with Crippen LogP contribution in [-0.2, 0) is 4.79 Å². The first-order valence-electron chi connectivity index (χ1n) is 7.74. The Labute approximate surface area is 151 Å². The summed E-state index contributed by atoms with van der Waals surface area (Å²) < 4.78 is 5.52. The highest BCUT2D eigenvalue weighted by atomic mass is 35.5. The lowest BCUT2D eigenvalue weighted by molar-refractivity contribution is -0.132. The van der Waals surface area contributed by atoms with E-state index in [2.05, 4.69) is 18.2 Å². The molecule has 0 unspecified atom stereocenters. The highest BCUT2D eigenvalue weighted by Gasteiger charge is 2.18. The van der Waals surface area contributed by atoms with Gasteiger partial charge in [0.05, 0.1) is 5.02 Å². The van der Waals surface area contributed by atoms with E-state index in [1.807, 2.05) is 18.2 Å². The van der Waals surface area contributed by atoms with Gasteiger partial charge >= 0.3 is 0 Å². The second kappa shape index (κ2) is 7.73. The molecule has 0 saturated heterocycles. The molecule has 124 valence electrons. The van der Waals surface area contributed by atoms with Crippen molar-refractivity contribution in [3.63, 3.8) is 0 Å². The zero-order valence-corrected chi connectivity index (χ0v) is 14.6. The van der Waals surface area contributed by atoms with Gasteiger partial charge in [-0.05, 0) is 29.7 Å². The fraction of sp³-hybridized carbons (Fsp3) is 0.211. The van der Waals surface area contributed by atoms with Crippen LogP contribution in [0.4, 0.5) is 0 Å². The molecular formula is C19H17Cl2NO2. The molecule has 0 bridgehead atoms. The Kier molecular flexibility index (Phi) is 5.44. The molecular weight excluding hydrogens is 345 g/mol. The largest absolute Gasteiger partial charge is 0.482 e. The van der Waals surface area contributed by atoms with E-state index < -0.39 is 0 Å². The molecule has 5 heteroatoms. The number of rotatable bonds is 4. The van der Waals surface area contributed by atoms with E-state index in [4.69, 9.17) is 27.9 Å². The number of carbonyl (C=O) groups excluding carboxylic acids is 1. The first kappa shape index (κ1) is 16.9. The van der Waals surface area contributed by atoms with Gasteiger partial charge in [-0.15, -0.1) is 0 Å². The van der Waals surface area contributed by atoms with Crippen molar-refractivity contribution in [3.05, 3.63) is 70.2 Å². The molecule has 0 spiro atoms. The minimum Gasteiger partial charge on any atom is -0.482 e. The number of nitrogens with zero attached hydrogens (tertiary/aromatic N) is 1. The molecule has 3 rings (SSSR count). The maximum absolute atomic E-state index is 12.3. The second-order valence-corrected chi connectivity index (χ2v) is 6.31. The maximum atomic E-state index is 12.3. The molecule has 2 aromatic carbocycles. The van der Waals surface area contributed by atoms with E-state index in [1.54, 1.807) is 23.1 Å². The van der Waals surface area contributed by atoms with Crippen LogP contribution in [0.2, 0.25) is 10.0 Å². The molecule has 1 amide bonds. The van der Waals surface area contributed by atoms with Gasteiger partial charge in [-0.1, -0.05) is 65.7 Å². The summed E-state index contributed by atoms with van der Waals surface area (Å²) in [7, 11) is 0. The second-order valence-electron chi connectivity index (χ2n) is 5.53. The molecule has 0 aliphatic carbocycles. The highest BCUT2D eigenvalue weighted by molar-refractivity contribution is 6.42. The van der Waals surface area contributed by atoms with Crippen molar-refractivity contribution in [1.29, 1.82) is 0 Å². The number of hydrogen-bond acceptors (Lipinski definition) is 2. The quantitative estimate of drug-likeness (QED) is 0.790. The lowest BCUT2D eigenvalue weighted by Gasteiger charge is -2.26. The Hall–Kier alpha value is -1.97. The van der Waals surface area contributed by atoms with Crippen LogP contribution >= 0.6 is 23.2 Å². The summed E-state index contributed by atoms with van der Waals surface area (Å²) in [5.41, 5.74) is 2.49. The molecule has 24 heavy (non-hydrogen) atoms. The predicted molar refractivity (Wildman–Crippen MR) is 97.6 cm³/mol. The number of hydrogen-bond donors (Lipinski definition) is 0. The summed E-state index contributed by atoms with van der Waals surface area (Å²) in [5, 5.41) is 0.742. The van der Waals surface area contributed by atoms with Gasteiger partial charge in [0, 0.05) is 13.1 Å². The third-order valence-electron chi connectivity index (χ3n) is 3.97. The van der Waals surface area contributed by atoms with Crippen molar-refractivity contribution in [2.24, 2.45) is 0 Å². The van der Waals surface area contributed by atoms with E-state index in [1.165, 1.54) is 11.1 Å². The fourth-order valence-electron chi connectivity index (χ4n) is 2.64. The van der Waals surface area contributed by atoms with Crippen molar-refractivity contribution in [3.8, 4) is 5.75 Å². The Morgan fingerprint density at radius 1 is 1.08 bits per heavy atom. The number of benzene rings is 2. The van der Waals surface area contributed by atoms with Gasteiger partial charge in [-0.2, -0.15) is 0 Å². The van der Waals surface area contributed by atoms with Crippen LogP contribution in [0.1, 0.15) is 12.0 Å². The molecule has 0 atom stereocenters. The Morgan fingerprint density at radius 2 is 1.88 bits per heavy atom. The van der Waals surface area contributed by atoms with Crippen molar-refractivity contribution in [1.82, 2.24) is 4.90 Å². The number of amides is 1. The number of halogens is 2. The number of carbonyl (C=O) groups is 1. The van der Waals surface area contributed by atoms with E-state index in [9.17, 15) is 4.79 Å². The topological polar surface area (TPSA) is 29.5 Å². The molecule has 0 N–H and O–H groups in total. The molecule has 0 saturated carbocycles. The minimum absolute atomic E-state index is 0.0471. The van der Waals surface area contributed by atoms with E-state index in [0.29, 0.717) is 28.9 Å². The molecule has 3 nitrogen and oxygen atoms in total. The van der Waals surface area contributed by atoms with Gasteiger partial charge in [-0.25, -0.2) is 0 Å². The van der Waals surface area contributed by atoms with Gasteiger partial charge in [0.1, 0.15) is 10.8 Å². The smallest absolute Gasteiger partial charge is 0.260 e. The van der Waals surface area contributed by atoms with Crippen LogP contribution in [0.3, 0.4) is 0 Å². The van der Waals surface area contributed by atoms with Gasteiger partial charge in [0.15, 0.2) is 6.61 Å². The Balaban J connectivity index is 1.57. The highest BCUT2D eigenvalue weighted by Crippen LogP contribution is 2.31. The molecule has 1 aliphatic rings. The zero-order chi connectivity index (χ0) is 16.9. The van der Waals surface area contributed by atoms with Crippen LogP contribution in [0.25, 0.3) is 5.57 Å². The third kappa shape index (κ3) is 3.92. The normalized spacial score (nSPS) is 14.2. The number of ether oxygens (including phenoxy) is 1. The summed E-state index contributed by atoms with van der Waals surface area (Å²) in [6, 6.07) is 15.3. The maximum Gasteiger partial charge on any atom is 0.260 e. The Bertz CT molecular complexity index is 759. The van der Waals surface area contributed by atoms with Crippen molar-refractivity contribution < 1.29 is 9.53 Å². The minimum atomic E-state index is -0.0607. The standard InChI is InChI=1S/C19H17Cl2NO2/c20-16-7-4-8-17(19(16)21)24-13-18(23)22-11-9-15(10-12-22)14-5-2-1-3-6-14/h1-9H,10-13H2. The van der Waals surface area contributed by atoms with Crippen molar-refractivity contribution in [2.45, 2.75) is 6.42 Å². The van der Waals surface area contributed by atoms with Gasteiger partial charge < -0.3 is 9.64 Å². The molecule has 0 aromatic heterocycles. The van der Waals surface area contributed by atoms with E-state index in [0.717, 1.165) is 6.42 Å². The van der Waals surface area contributed by atoms with Crippen molar-refractivity contribution in [2.75, 3.05) is 19.7 Å². The molecule has 1 heterocycles. The SMILES string of the molecule is O=C(COc1cccc(Cl)c1Cl)N1CC=C(c2ccccc2)CC1. The predicted octanol–water partition coefficient (Wildman–Crippen LogP) is 4.69. The Morgan fingerprint density at radius 3 is 2.58 bits per heavy atom. The summed E-state index contributed by atoms with van der Waals surface area (Å²) in [6.45, 7) is 1.23. The van der Waals surface area contributed by atoms with Gasteiger partial charge in [-0.3, -0.25) is 4.79 Å². The van der Waals surface area contributed by atoms with Crippen LogP contribution < -0.4 is 4.74 Å². The lowest BCUT2D eigenvalue weighted by Crippen LogP contribution is -2.37. The summed E-state index contributed by atoms with van der Waals surface area (Å²) in [5.74, 6) is 0.365. The molecule has 0 radical (unpaired) electrons. The first-order chi connectivity index (χ1) is 11.6. The van der Waals surface area contributed by atoms with Crippen LogP contribution in [0.5, 0.6) is 5.75 Å². The summed E-state index contributed by atoms with van der Waals surface area (Å²) in [6.07, 6.45) is 2.94. The fourth-order valence-corrected chi connectivity index (χ4v) is 2.98. The zero-order valence-electron chi connectivity index (χ0n) is 13.0. The third-order valence-corrected chi connectivity index (χ3v) is 4.78. The van der Waals surface area contributed by atoms with E-state index >= 15 is 0 Å². The first-order valence-corrected chi connectivity index (χ1v) is 8.50. The van der Waals surface area contributed by atoms with Crippen LogP contribution in [0, 0.1) is 0 Å². The average Bonchev–Trinajstić information content (AvgIpc) is 2.63. The van der Waals surface area contributed by atoms with E-state index in [-0.39, 0.29) is 12.5 Å². The van der Waals surface area contributed by atoms with Gasteiger partial charge in [0.25, 0.3) is 5.91 Å². The molecule has 1 aliphatic heterocycles. The lowest BCUT2D eigenvalue weighted by atomic mass is 10.00. The molecule has 2 aromatic rings. The average molecular weight is 362 g/mol. The molecule has 0 fully saturated rings. The van der Waals surface area contributed by atoms with Gasteiger partial charge in [0.2, 0.25) is 0 Å². The van der Waals surface area contributed by atoms with Crippen LogP contribution in [0.15, 0.2) is 54.6 Å². The van der Waals surface area contributed by atoms with Crippen molar-refractivity contribution >= 4 is 34.7 Å². The van der Waals surface area contributed by atoms with Crippen LogP contribution in [-0.4, -0.2) is 30.5 Å². The monoisotopic (exact) mass is 361 g/mol. The summed E-state index contributed by atoms with van der Waals surface area (Å²) in [4.78, 5) is 14.1. The summed E-state index contributed by atoms with van der Waals surface area (Å²) >= 11 is 12.0.